The zero-order valence-electron chi connectivity index (χ0n) is 10.2. The first-order valence-corrected chi connectivity index (χ1v) is 6.58. The molecular weight excluding hydrogens is 218 g/mol. The fourth-order valence-corrected chi connectivity index (χ4v) is 2.54. The molecule has 2 fully saturated rings. The van der Waals surface area contributed by atoms with Crippen LogP contribution in [0.2, 0.25) is 0 Å². The molecule has 0 spiro atoms. The molecule has 2 aliphatic rings. The second-order valence-electron chi connectivity index (χ2n) is 4.90. The number of hydrogen-bond donors (Lipinski definition) is 2. The van der Waals surface area contributed by atoms with Crippen molar-refractivity contribution in [2.45, 2.75) is 44.6 Å². The minimum atomic E-state index is -0.204. The molecule has 3 amide bonds. The molecule has 0 radical (unpaired) electrons. The Morgan fingerprint density at radius 3 is 2.35 bits per heavy atom. The van der Waals surface area contributed by atoms with Gasteiger partial charge in [0.2, 0.25) is 5.91 Å². The maximum absolute atomic E-state index is 11.7. The molecule has 0 aromatic carbocycles. The van der Waals surface area contributed by atoms with E-state index in [0.717, 1.165) is 38.8 Å². The van der Waals surface area contributed by atoms with Gasteiger partial charge in [0, 0.05) is 19.1 Å². The summed E-state index contributed by atoms with van der Waals surface area (Å²) in [6.07, 6.45) is 6.68. The molecule has 1 saturated carbocycles. The topological polar surface area (TPSA) is 61.4 Å². The summed E-state index contributed by atoms with van der Waals surface area (Å²) < 4.78 is 0. The lowest BCUT2D eigenvalue weighted by Gasteiger charge is -2.17. The monoisotopic (exact) mass is 239 g/mol. The molecule has 2 N–H and O–H groups in total. The number of carbonyl (C=O) groups is 2. The van der Waals surface area contributed by atoms with Gasteiger partial charge in [0.1, 0.15) is 0 Å². The van der Waals surface area contributed by atoms with Crippen LogP contribution in [0.1, 0.15) is 38.5 Å². The third-order valence-electron chi connectivity index (χ3n) is 3.55. The summed E-state index contributed by atoms with van der Waals surface area (Å²) in [4.78, 5) is 25.0. The average molecular weight is 239 g/mol. The summed E-state index contributed by atoms with van der Waals surface area (Å²) >= 11 is 0. The quantitative estimate of drug-likeness (QED) is 0.767. The van der Waals surface area contributed by atoms with Gasteiger partial charge in [0.05, 0.1) is 6.54 Å². The Morgan fingerprint density at radius 1 is 1.06 bits per heavy atom. The highest BCUT2D eigenvalue weighted by molar-refractivity contribution is 5.84. The summed E-state index contributed by atoms with van der Waals surface area (Å²) in [7, 11) is 0. The first-order valence-electron chi connectivity index (χ1n) is 6.58. The molecule has 1 heterocycles. The molecule has 5 nitrogen and oxygen atoms in total. The molecule has 5 heteroatoms. The molecule has 0 aromatic heterocycles. The highest BCUT2D eigenvalue weighted by Gasteiger charge is 2.20. The first kappa shape index (κ1) is 12.2. The van der Waals surface area contributed by atoms with Gasteiger partial charge in [-0.1, -0.05) is 12.8 Å². The van der Waals surface area contributed by atoms with Crippen molar-refractivity contribution < 1.29 is 9.59 Å². The van der Waals surface area contributed by atoms with Crippen molar-refractivity contribution in [2.75, 3.05) is 19.6 Å². The van der Waals surface area contributed by atoms with Crippen molar-refractivity contribution in [1.82, 2.24) is 15.5 Å². The maximum atomic E-state index is 11.7. The first-order chi connectivity index (χ1) is 8.25. The van der Waals surface area contributed by atoms with Crippen molar-refractivity contribution in [3.8, 4) is 0 Å². The number of hydrogen-bond acceptors (Lipinski definition) is 2. The molecule has 1 saturated heterocycles. The minimum Gasteiger partial charge on any atom is -0.341 e. The van der Waals surface area contributed by atoms with Gasteiger partial charge in [-0.3, -0.25) is 4.79 Å². The standard InChI is InChI=1S/C12H21N3O2/c16-11(15-7-3-4-8-15)9-13-12(17)14-10-5-1-2-6-10/h10H,1-9H2,(H2,13,14,17). The molecule has 96 valence electrons. The van der Waals surface area contributed by atoms with Crippen LogP contribution >= 0.6 is 0 Å². The number of likely N-dealkylation sites (tertiary alicyclic amines) is 1. The largest absolute Gasteiger partial charge is 0.341 e. The second kappa shape index (κ2) is 5.89. The van der Waals surface area contributed by atoms with Crippen LogP contribution in [0.15, 0.2) is 0 Å². The van der Waals surface area contributed by atoms with E-state index in [1.807, 2.05) is 4.90 Å². The summed E-state index contributed by atoms with van der Waals surface area (Å²) in [5, 5.41) is 5.55. The highest BCUT2D eigenvalue weighted by atomic mass is 16.2. The third kappa shape index (κ3) is 3.61. The summed E-state index contributed by atoms with van der Waals surface area (Å²) in [5.74, 6) is 0.0315. The number of rotatable bonds is 3. The number of urea groups is 1. The lowest BCUT2D eigenvalue weighted by Crippen LogP contribution is -2.45. The Morgan fingerprint density at radius 2 is 1.71 bits per heavy atom. The lowest BCUT2D eigenvalue weighted by atomic mass is 10.2. The minimum absolute atomic E-state index is 0.0315. The van der Waals surface area contributed by atoms with Gasteiger partial charge in [-0.2, -0.15) is 0 Å². The van der Waals surface area contributed by atoms with E-state index < -0.39 is 0 Å². The van der Waals surface area contributed by atoms with Crippen LogP contribution < -0.4 is 10.6 Å². The van der Waals surface area contributed by atoms with E-state index in [0.29, 0.717) is 6.04 Å². The zero-order chi connectivity index (χ0) is 12.1. The molecule has 1 aliphatic carbocycles. The molecule has 0 unspecified atom stereocenters. The highest BCUT2D eigenvalue weighted by Crippen LogP contribution is 2.17. The van der Waals surface area contributed by atoms with E-state index in [2.05, 4.69) is 10.6 Å². The predicted octanol–water partition coefficient (Wildman–Crippen LogP) is 0.851. The lowest BCUT2D eigenvalue weighted by molar-refractivity contribution is -0.128. The summed E-state index contributed by atoms with van der Waals surface area (Å²) in [6.45, 7) is 1.80. The summed E-state index contributed by atoms with van der Waals surface area (Å²) in [5.41, 5.74) is 0. The predicted molar refractivity (Wildman–Crippen MR) is 64.6 cm³/mol. The van der Waals surface area contributed by atoms with Crippen LogP contribution in [-0.4, -0.2) is 42.5 Å². The molecule has 2 rings (SSSR count). The van der Waals surface area contributed by atoms with E-state index in [1.54, 1.807) is 0 Å². The number of nitrogens with one attached hydrogen (secondary N) is 2. The third-order valence-corrected chi connectivity index (χ3v) is 3.55. The van der Waals surface area contributed by atoms with Gasteiger partial charge in [-0.15, -0.1) is 0 Å². The normalized spacial score (nSPS) is 20.6. The van der Waals surface area contributed by atoms with Crippen LogP contribution in [0.25, 0.3) is 0 Å². The molecule has 0 atom stereocenters. The van der Waals surface area contributed by atoms with Gasteiger partial charge < -0.3 is 15.5 Å². The van der Waals surface area contributed by atoms with Crippen LogP contribution in [0.3, 0.4) is 0 Å². The fraction of sp³-hybridized carbons (Fsp3) is 0.833. The van der Waals surface area contributed by atoms with Gasteiger partial charge in [-0.05, 0) is 25.7 Å². The Hall–Kier alpha value is -1.26. The van der Waals surface area contributed by atoms with Crippen LogP contribution in [0.5, 0.6) is 0 Å². The Labute approximate surface area is 102 Å². The van der Waals surface area contributed by atoms with Gasteiger partial charge >= 0.3 is 6.03 Å². The SMILES string of the molecule is O=C(NCC(=O)N1CCCC1)NC1CCCC1. The molecular formula is C12H21N3O2. The van der Waals surface area contributed by atoms with Crippen molar-refractivity contribution in [1.29, 1.82) is 0 Å². The molecule has 1 aliphatic heterocycles. The van der Waals surface area contributed by atoms with E-state index in [1.165, 1.54) is 12.8 Å². The van der Waals surface area contributed by atoms with Crippen molar-refractivity contribution >= 4 is 11.9 Å². The van der Waals surface area contributed by atoms with Gasteiger partial charge in [0.25, 0.3) is 0 Å². The summed E-state index contributed by atoms with van der Waals surface area (Å²) in [6, 6.07) is 0.0985. The Bertz CT molecular complexity index is 281. The fourth-order valence-electron chi connectivity index (χ4n) is 2.54. The average Bonchev–Trinajstić information content (AvgIpc) is 2.97. The van der Waals surface area contributed by atoms with Gasteiger partial charge in [-0.25, -0.2) is 4.79 Å². The van der Waals surface area contributed by atoms with Crippen LogP contribution in [-0.2, 0) is 4.79 Å². The van der Waals surface area contributed by atoms with Crippen molar-refractivity contribution in [3.05, 3.63) is 0 Å². The van der Waals surface area contributed by atoms with E-state index in [4.69, 9.17) is 0 Å². The molecule has 0 aromatic rings. The van der Waals surface area contributed by atoms with Crippen LogP contribution in [0, 0.1) is 0 Å². The van der Waals surface area contributed by atoms with E-state index in [9.17, 15) is 9.59 Å². The Kier molecular flexibility index (Phi) is 4.23. The number of carbonyl (C=O) groups excluding carboxylic acids is 2. The van der Waals surface area contributed by atoms with Crippen molar-refractivity contribution in [3.63, 3.8) is 0 Å². The van der Waals surface area contributed by atoms with E-state index in [-0.39, 0.29) is 18.5 Å². The smallest absolute Gasteiger partial charge is 0.315 e. The van der Waals surface area contributed by atoms with Crippen molar-refractivity contribution in [2.24, 2.45) is 0 Å². The van der Waals surface area contributed by atoms with Gasteiger partial charge in [0.15, 0.2) is 0 Å². The zero-order valence-corrected chi connectivity index (χ0v) is 10.2. The molecule has 17 heavy (non-hydrogen) atoms. The van der Waals surface area contributed by atoms with E-state index >= 15 is 0 Å². The maximum Gasteiger partial charge on any atom is 0.315 e. The number of nitrogens with zero attached hydrogens (tertiary/aromatic N) is 1. The Balaban J connectivity index is 1.63. The van der Waals surface area contributed by atoms with Crippen LogP contribution in [0.4, 0.5) is 4.79 Å². The number of amides is 3. The molecule has 0 bridgehead atoms. The second-order valence-corrected chi connectivity index (χ2v) is 4.90.